The van der Waals surface area contributed by atoms with Crippen LogP contribution in [-0.4, -0.2) is 5.11 Å². The van der Waals surface area contributed by atoms with Gasteiger partial charge in [0.05, 0.1) is 12.7 Å². The number of ether oxygens (including phenoxy) is 1. The highest BCUT2D eigenvalue weighted by Gasteiger charge is 2.22. The lowest BCUT2D eigenvalue weighted by molar-refractivity contribution is 0.0637. The Morgan fingerprint density at radius 3 is 2.83 bits per heavy atom. The van der Waals surface area contributed by atoms with Crippen molar-refractivity contribution in [3.63, 3.8) is 0 Å². The lowest BCUT2D eigenvalue weighted by Crippen LogP contribution is -1.93. The van der Waals surface area contributed by atoms with E-state index in [-0.39, 0.29) is 6.10 Å². The predicted octanol–water partition coefficient (Wildman–Crippen LogP) is 4.04. The van der Waals surface area contributed by atoms with Gasteiger partial charge in [0, 0.05) is 5.56 Å². The van der Waals surface area contributed by atoms with Crippen LogP contribution in [0, 0.1) is 0 Å². The molecule has 1 aliphatic rings. The molecule has 2 aromatic carbocycles. The van der Waals surface area contributed by atoms with Crippen molar-refractivity contribution in [3.05, 3.63) is 53.6 Å². The molecule has 3 rings (SSSR count). The number of aromatic hydroxyl groups is 1. The standard InChI is InChI=1S/C16H16O2/c1-2-16-14-9-11(7-8-12(14)10-18-16)13-5-3-4-6-15(13)17/h3-9,16-17H,2,10H2,1H3. The van der Waals surface area contributed by atoms with E-state index in [0.29, 0.717) is 12.4 Å². The second-order valence-electron chi connectivity index (χ2n) is 4.64. The summed E-state index contributed by atoms with van der Waals surface area (Å²) in [4.78, 5) is 0. The molecule has 0 radical (unpaired) electrons. The van der Waals surface area contributed by atoms with Crippen molar-refractivity contribution in [2.24, 2.45) is 0 Å². The van der Waals surface area contributed by atoms with E-state index in [4.69, 9.17) is 4.74 Å². The molecule has 2 heteroatoms. The molecule has 1 atom stereocenters. The summed E-state index contributed by atoms with van der Waals surface area (Å²) >= 11 is 0. The van der Waals surface area contributed by atoms with Gasteiger partial charge in [0.2, 0.25) is 0 Å². The molecule has 0 saturated heterocycles. The minimum absolute atomic E-state index is 0.200. The molecule has 1 aliphatic heterocycles. The van der Waals surface area contributed by atoms with Gasteiger partial charge in [-0.05, 0) is 35.2 Å². The lowest BCUT2D eigenvalue weighted by atomic mass is 9.96. The average Bonchev–Trinajstić information content (AvgIpc) is 2.81. The van der Waals surface area contributed by atoms with Gasteiger partial charge >= 0.3 is 0 Å². The van der Waals surface area contributed by atoms with Crippen molar-refractivity contribution < 1.29 is 9.84 Å². The summed E-state index contributed by atoms with van der Waals surface area (Å²) in [5, 5.41) is 9.90. The maximum atomic E-state index is 9.90. The van der Waals surface area contributed by atoms with Crippen LogP contribution >= 0.6 is 0 Å². The first kappa shape index (κ1) is 11.3. The molecule has 0 aromatic heterocycles. The molecule has 0 amide bonds. The number of hydrogen-bond donors (Lipinski definition) is 1. The van der Waals surface area contributed by atoms with Gasteiger partial charge in [0.25, 0.3) is 0 Å². The second-order valence-corrected chi connectivity index (χ2v) is 4.64. The van der Waals surface area contributed by atoms with E-state index in [9.17, 15) is 5.11 Å². The van der Waals surface area contributed by atoms with Crippen molar-refractivity contribution in [2.45, 2.75) is 26.1 Å². The van der Waals surface area contributed by atoms with Gasteiger partial charge in [0.1, 0.15) is 5.75 Å². The first-order valence-electron chi connectivity index (χ1n) is 6.32. The molecular formula is C16H16O2. The van der Waals surface area contributed by atoms with E-state index in [1.807, 2.05) is 18.2 Å². The quantitative estimate of drug-likeness (QED) is 0.858. The zero-order valence-corrected chi connectivity index (χ0v) is 10.4. The summed E-state index contributed by atoms with van der Waals surface area (Å²) < 4.78 is 5.73. The summed E-state index contributed by atoms with van der Waals surface area (Å²) in [7, 11) is 0. The van der Waals surface area contributed by atoms with Crippen molar-refractivity contribution in [1.82, 2.24) is 0 Å². The Bertz CT molecular complexity index is 575. The normalized spacial score (nSPS) is 17.7. The fourth-order valence-corrected chi connectivity index (χ4v) is 2.53. The molecule has 0 saturated carbocycles. The topological polar surface area (TPSA) is 29.5 Å². The highest BCUT2D eigenvalue weighted by molar-refractivity contribution is 5.71. The molecule has 92 valence electrons. The van der Waals surface area contributed by atoms with Gasteiger partial charge in [-0.3, -0.25) is 0 Å². The van der Waals surface area contributed by atoms with Crippen LogP contribution < -0.4 is 0 Å². The molecule has 0 fully saturated rings. The second kappa shape index (κ2) is 4.46. The van der Waals surface area contributed by atoms with Crippen LogP contribution in [0.5, 0.6) is 5.75 Å². The Balaban J connectivity index is 2.08. The van der Waals surface area contributed by atoms with Crippen molar-refractivity contribution in [1.29, 1.82) is 0 Å². The van der Waals surface area contributed by atoms with Gasteiger partial charge < -0.3 is 9.84 Å². The Kier molecular flexibility index (Phi) is 2.80. The molecule has 1 N–H and O–H groups in total. The zero-order chi connectivity index (χ0) is 12.5. The smallest absolute Gasteiger partial charge is 0.123 e. The zero-order valence-electron chi connectivity index (χ0n) is 10.4. The molecule has 2 nitrogen and oxygen atoms in total. The molecule has 1 unspecified atom stereocenters. The highest BCUT2D eigenvalue weighted by atomic mass is 16.5. The minimum Gasteiger partial charge on any atom is -0.507 e. The van der Waals surface area contributed by atoms with Crippen LogP contribution in [0.25, 0.3) is 11.1 Å². The Hall–Kier alpha value is -1.80. The van der Waals surface area contributed by atoms with Crippen molar-refractivity contribution in [2.75, 3.05) is 0 Å². The van der Waals surface area contributed by atoms with E-state index in [2.05, 4.69) is 25.1 Å². The third kappa shape index (κ3) is 1.79. The molecule has 0 aliphatic carbocycles. The fourth-order valence-electron chi connectivity index (χ4n) is 2.53. The van der Waals surface area contributed by atoms with Gasteiger partial charge in [-0.25, -0.2) is 0 Å². The van der Waals surface area contributed by atoms with Crippen LogP contribution in [0.4, 0.5) is 0 Å². The number of phenols is 1. The molecular weight excluding hydrogens is 224 g/mol. The van der Waals surface area contributed by atoms with E-state index in [1.165, 1.54) is 11.1 Å². The summed E-state index contributed by atoms with van der Waals surface area (Å²) in [6.07, 6.45) is 1.18. The Morgan fingerprint density at radius 2 is 2.06 bits per heavy atom. The molecule has 1 heterocycles. The van der Waals surface area contributed by atoms with Gasteiger partial charge in [-0.15, -0.1) is 0 Å². The van der Waals surface area contributed by atoms with E-state index in [0.717, 1.165) is 17.5 Å². The summed E-state index contributed by atoms with van der Waals surface area (Å²) in [6, 6.07) is 13.7. The Morgan fingerprint density at radius 1 is 1.22 bits per heavy atom. The summed E-state index contributed by atoms with van der Waals surface area (Å²) in [5.74, 6) is 0.324. The molecule has 2 aromatic rings. The van der Waals surface area contributed by atoms with Crippen LogP contribution in [0.2, 0.25) is 0 Å². The number of phenolic OH excluding ortho intramolecular Hbond substituents is 1. The van der Waals surface area contributed by atoms with Crippen molar-refractivity contribution in [3.8, 4) is 16.9 Å². The number of para-hydroxylation sites is 1. The van der Waals surface area contributed by atoms with Crippen LogP contribution in [0.3, 0.4) is 0 Å². The van der Waals surface area contributed by atoms with E-state index < -0.39 is 0 Å². The van der Waals surface area contributed by atoms with Gasteiger partial charge in [0.15, 0.2) is 0 Å². The number of rotatable bonds is 2. The average molecular weight is 240 g/mol. The van der Waals surface area contributed by atoms with E-state index >= 15 is 0 Å². The predicted molar refractivity (Wildman–Crippen MR) is 71.4 cm³/mol. The van der Waals surface area contributed by atoms with Crippen LogP contribution in [-0.2, 0) is 11.3 Å². The van der Waals surface area contributed by atoms with E-state index in [1.54, 1.807) is 6.07 Å². The minimum atomic E-state index is 0.200. The number of benzene rings is 2. The fraction of sp³-hybridized carbons (Fsp3) is 0.250. The van der Waals surface area contributed by atoms with Crippen molar-refractivity contribution >= 4 is 0 Å². The SMILES string of the molecule is CCC1OCc2ccc(-c3ccccc3O)cc21. The summed E-state index contributed by atoms with van der Waals surface area (Å²) in [5.41, 5.74) is 4.46. The summed E-state index contributed by atoms with van der Waals surface area (Å²) in [6.45, 7) is 2.83. The van der Waals surface area contributed by atoms with Gasteiger partial charge in [-0.1, -0.05) is 37.3 Å². The monoisotopic (exact) mass is 240 g/mol. The lowest BCUT2D eigenvalue weighted by Gasteiger charge is -2.10. The largest absolute Gasteiger partial charge is 0.507 e. The molecule has 0 spiro atoms. The maximum absolute atomic E-state index is 9.90. The third-order valence-electron chi connectivity index (χ3n) is 3.52. The first-order valence-corrected chi connectivity index (χ1v) is 6.32. The van der Waals surface area contributed by atoms with Gasteiger partial charge in [-0.2, -0.15) is 0 Å². The highest BCUT2D eigenvalue weighted by Crippen LogP contribution is 2.37. The first-order chi connectivity index (χ1) is 8.79. The molecule has 0 bridgehead atoms. The Labute approximate surface area is 107 Å². The number of fused-ring (bicyclic) bond motifs is 1. The maximum Gasteiger partial charge on any atom is 0.123 e. The number of hydrogen-bond acceptors (Lipinski definition) is 2. The third-order valence-corrected chi connectivity index (χ3v) is 3.52. The molecule has 18 heavy (non-hydrogen) atoms. The van der Waals surface area contributed by atoms with Crippen LogP contribution in [0.15, 0.2) is 42.5 Å². The van der Waals surface area contributed by atoms with Crippen LogP contribution in [0.1, 0.15) is 30.6 Å².